The molecule has 0 saturated carbocycles. The van der Waals surface area contributed by atoms with Crippen LogP contribution in [0, 0.1) is 0 Å². The zero-order valence-corrected chi connectivity index (χ0v) is 15.7. The average Bonchev–Trinajstić information content (AvgIpc) is 2.77. The van der Waals surface area contributed by atoms with Crippen molar-refractivity contribution in [3.63, 3.8) is 0 Å². The highest BCUT2D eigenvalue weighted by molar-refractivity contribution is 5.91. The van der Waals surface area contributed by atoms with E-state index < -0.39 is 12.1 Å². The van der Waals surface area contributed by atoms with Crippen molar-refractivity contribution in [2.24, 2.45) is 0 Å². The van der Waals surface area contributed by atoms with Crippen molar-refractivity contribution in [1.29, 1.82) is 0 Å². The first-order valence-corrected chi connectivity index (χ1v) is 9.11. The Hall–Kier alpha value is -3.12. The van der Waals surface area contributed by atoms with Crippen LogP contribution in [-0.2, 0) is 19.1 Å². The molecule has 0 aromatic heterocycles. The number of hydrogen-bond acceptors (Lipinski definition) is 5. The lowest BCUT2D eigenvalue weighted by atomic mass is 10.1. The van der Waals surface area contributed by atoms with Crippen molar-refractivity contribution in [1.82, 2.24) is 4.90 Å². The summed E-state index contributed by atoms with van der Waals surface area (Å²) in [5.41, 5.74) is 1.47. The summed E-state index contributed by atoms with van der Waals surface area (Å²) in [6.45, 7) is 1.94. The predicted molar refractivity (Wildman–Crippen MR) is 105 cm³/mol. The minimum absolute atomic E-state index is 0.235. The monoisotopic (exact) mass is 381 g/mol. The standard InChI is InChI=1S/C22H23NO5/c1-26-19-10-7-17(8-11-19)9-12-20(24)28-21(18-5-3-2-4-6-18)22(25)23-13-15-27-16-14-23/h2-12,21H,13-16H2,1H3/b12-9+/t21-/m0/s1. The van der Waals surface area contributed by atoms with Gasteiger partial charge in [0.15, 0.2) is 0 Å². The minimum Gasteiger partial charge on any atom is -0.497 e. The second-order valence-corrected chi connectivity index (χ2v) is 6.27. The Morgan fingerprint density at radius 1 is 1.04 bits per heavy atom. The summed E-state index contributed by atoms with van der Waals surface area (Å²) in [5.74, 6) is -0.0769. The van der Waals surface area contributed by atoms with Gasteiger partial charge in [0.25, 0.3) is 5.91 Å². The number of esters is 1. The van der Waals surface area contributed by atoms with E-state index in [1.807, 2.05) is 30.3 Å². The van der Waals surface area contributed by atoms with Gasteiger partial charge in [-0.25, -0.2) is 4.79 Å². The van der Waals surface area contributed by atoms with E-state index in [1.54, 1.807) is 42.4 Å². The number of nitrogens with zero attached hydrogens (tertiary/aromatic N) is 1. The third-order valence-corrected chi connectivity index (χ3v) is 4.41. The number of benzene rings is 2. The van der Waals surface area contributed by atoms with Crippen LogP contribution in [0.1, 0.15) is 17.2 Å². The molecule has 1 aliphatic heterocycles. The average molecular weight is 381 g/mol. The normalized spacial score (nSPS) is 15.2. The fraction of sp³-hybridized carbons (Fsp3) is 0.273. The molecule has 3 rings (SSSR count). The first kappa shape index (κ1) is 19.6. The summed E-state index contributed by atoms with van der Waals surface area (Å²) in [4.78, 5) is 27.0. The van der Waals surface area contributed by atoms with Crippen molar-refractivity contribution in [2.75, 3.05) is 33.4 Å². The van der Waals surface area contributed by atoms with Crippen LogP contribution in [0.5, 0.6) is 5.75 Å². The molecular weight excluding hydrogens is 358 g/mol. The minimum atomic E-state index is -0.979. The van der Waals surface area contributed by atoms with Crippen molar-refractivity contribution in [2.45, 2.75) is 6.10 Å². The van der Waals surface area contributed by atoms with Crippen LogP contribution >= 0.6 is 0 Å². The van der Waals surface area contributed by atoms with Gasteiger partial charge in [0.2, 0.25) is 6.10 Å². The molecule has 1 amide bonds. The summed E-state index contributed by atoms with van der Waals surface area (Å²) in [6.07, 6.45) is 1.99. The Morgan fingerprint density at radius 2 is 1.71 bits per heavy atom. The van der Waals surface area contributed by atoms with E-state index in [9.17, 15) is 9.59 Å². The predicted octanol–water partition coefficient (Wildman–Crippen LogP) is 2.85. The maximum absolute atomic E-state index is 12.9. The maximum atomic E-state index is 12.9. The Kier molecular flexibility index (Phi) is 6.81. The molecule has 0 N–H and O–H groups in total. The van der Waals surface area contributed by atoms with Gasteiger partial charge in [0.1, 0.15) is 5.75 Å². The smallest absolute Gasteiger partial charge is 0.331 e. The third-order valence-electron chi connectivity index (χ3n) is 4.41. The van der Waals surface area contributed by atoms with Crippen LogP contribution in [0.25, 0.3) is 6.08 Å². The molecule has 28 heavy (non-hydrogen) atoms. The maximum Gasteiger partial charge on any atom is 0.331 e. The number of morpholine rings is 1. The van der Waals surface area contributed by atoms with Crippen LogP contribution in [0.4, 0.5) is 0 Å². The van der Waals surface area contributed by atoms with Crippen molar-refractivity contribution in [3.05, 3.63) is 71.8 Å². The van der Waals surface area contributed by atoms with E-state index >= 15 is 0 Å². The fourth-order valence-corrected chi connectivity index (χ4v) is 2.87. The second kappa shape index (κ2) is 9.71. The van der Waals surface area contributed by atoms with Crippen LogP contribution in [-0.4, -0.2) is 50.2 Å². The summed E-state index contributed by atoms with van der Waals surface area (Å²) in [7, 11) is 1.59. The SMILES string of the molecule is COc1ccc(/C=C/C(=O)O[C@H](C(=O)N2CCOCC2)c2ccccc2)cc1. The van der Waals surface area contributed by atoms with Gasteiger partial charge >= 0.3 is 5.97 Å². The lowest BCUT2D eigenvalue weighted by Gasteiger charge is -2.30. The van der Waals surface area contributed by atoms with Gasteiger partial charge in [0.05, 0.1) is 20.3 Å². The zero-order chi connectivity index (χ0) is 19.8. The Labute approximate surface area is 164 Å². The lowest BCUT2D eigenvalue weighted by Crippen LogP contribution is -2.44. The number of carbonyl (C=O) groups is 2. The topological polar surface area (TPSA) is 65.1 Å². The van der Waals surface area contributed by atoms with Gasteiger partial charge in [-0.2, -0.15) is 0 Å². The summed E-state index contributed by atoms with van der Waals surface area (Å²) in [6, 6.07) is 16.3. The number of hydrogen-bond donors (Lipinski definition) is 0. The highest BCUT2D eigenvalue weighted by Crippen LogP contribution is 2.21. The van der Waals surface area contributed by atoms with Crippen molar-refractivity contribution >= 4 is 18.0 Å². The molecule has 0 spiro atoms. The Balaban J connectivity index is 1.71. The van der Waals surface area contributed by atoms with Gasteiger partial charge in [-0.3, -0.25) is 4.79 Å². The molecule has 6 heteroatoms. The van der Waals surface area contributed by atoms with E-state index in [2.05, 4.69) is 0 Å². The molecule has 1 heterocycles. The van der Waals surface area contributed by atoms with Crippen LogP contribution < -0.4 is 4.74 Å². The van der Waals surface area contributed by atoms with Gasteiger partial charge in [-0.1, -0.05) is 42.5 Å². The molecular formula is C22H23NO5. The molecule has 2 aromatic rings. The largest absolute Gasteiger partial charge is 0.497 e. The summed E-state index contributed by atoms with van der Waals surface area (Å²) in [5, 5.41) is 0. The molecule has 1 atom stereocenters. The molecule has 1 aliphatic rings. The summed E-state index contributed by atoms with van der Waals surface area (Å²) >= 11 is 0. The molecule has 6 nitrogen and oxygen atoms in total. The third kappa shape index (κ3) is 5.20. The molecule has 0 unspecified atom stereocenters. The zero-order valence-electron chi connectivity index (χ0n) is 15.7. The highest BCUT2D eigenvalue weighted by atomic mass is 16.5. The van der Waals surface area contributed by atoms with Gasteiger partial charge in [0, 0.05) is 24.7 Å². The molecule has 1 fully saturated rings. The number of amides is 1. The highest BCUT2D eigenvalue weighted by Gasteiger charge is 2.29. The van der Waals surface area contributed by atoms with Crippen LogP contribution in [0.3, 0.4) is 0 Å². The lowest BCUT2D eigenvalue weighted by molar-refractivity contribution is -0.159. The quantitative estimate of drug-likeness (QED) is 0.569. The van der Waals surface area contributed by atoms with E-state index in [1.165, 1.54) is 6.08 Å². The van der Waals surface area contributed by atoms with Crippen LogP contribution in [0.2, 0.25) is 0 Å². The van der Waals surface area contributed by atoms with Gasteiger partial charge in [-0.05, 0) is 23.8 Å². The van der Waals surface area contributed by atoms with E-state index in [-0.39, 0.29) is 5.91 Å². The van der Waals surface area contributed by atoms with Crippen molar-refractivity contribution in [3.8, 4) is 5.75 Å². The molecule has 0 aliphatic carbocycles. The molecule has 0 radical (unpaired) electrons. The summed E-state index contributed by atoms with van der Waals surface area (Å²) < 4.78 is 15.9. The fourth-order valence-electron chi connectivity index (χ4n) is 2.87. The Morgan fingerprint density at radius 3 is 2.36 bits per heavy atom. The second-order valence-electron chi connectivity index (χ2n) is 6.27. The van der Waals surface area contributed by atoms with E-state index in [0.29, 0.717) is 31.9 Å². The van der Waals surface area contributed by atoms with E-state index in [0.717, 1.165) is 11.3 Å². The first-order valence-electron chi connectivity index (χ1n) is 9.11. The number of methoxy groups -OCH3 is 1. The van der Waals surface area contributed by atoms with E-state index in [4.69, 9.17) is 14.2 Å². The Bertz CT molecular complexity index is 811. The molecule has 1 saturated heterocycles. The number of carbonyl (C=O) groups excluding carboxylic acids is 2. The van der Waals surface area contributed by atoms with Crippen LogP contribution in [0.15, 0.2) is 60.7 Å². The van der Waals surface area contributed by atoms with Gasteiger partial charge in [-0.15, -0.1) is 0 Å². The molecule has 2 aromatic carbocycles. The van der Waals surface area contributed by atoms with Crippen molar-refractivity contribution < 1.29 is 23.8 Å². The molecule has 0 bridgehead atoms. The molecule has 146 valence electrons. The number of ether oxygens (including phenoxy) is 3. The van der Waals surface area contributed by atoms with Gasteiger partial charge < -0.3 is 19.1 Å². The number of rotatable bonds is 6. The first-order chi connectivity index (χ1) is 13.7.